The van der Waals surface area contributed by atoms with Crippen LogP contribution in [0.2, 0.25) is 0 Å². The molecule has 2 heterocycles. The molecule has 4 rings (SSSR count). The number of hydrogen-bond donors (Lipinski definition) is 0. The summed E-state index contributed by atoms with van der Waals surface area (Å²) in [7, 11) is 0. The molecule has 1 aliphatic carbocycles. The van der Waals surface area contributed by atoms with Crippen molar-refractivity contribution in [1.82, 2.24) is 20.0 Å². The molecule has 38 heavy (non-hydrogen) atoms. The maximum Gasteiger partial charge on any atom is 0.257 e. The van der Waals surface area contributed by atoms with E-state index < -0.39 is 0 Å². The van der Waals surface area contributed by atoms with Crippen molar-refractivity contribution in [2.24, 2.45) is 0 Å². The highest BCUT2D eigenvalue weighted by molar-refractivity contribution is 5.97. The predicted octanol–water partition coefficient (Wildman–Crippen LogP) is 5.77. The van der Waals surface area contributed by atoms with Gasteiger partial charge < -0.3 is 19.0 Å². The van der Waals surface area contributed by atoms with Gasteiger partial charge in [-0.05, 0) is 51.2 Å². The summed E-state index contributed by atoms with van der Waals surface area (Å²) in [6.45, 7) is 8.23. The first-order chi connectivity index (χ1) is 18.5. The van der Waals surface area contributed by atoms with Gasteiger partial charge in [0.25, 0.3) is 5.91 Å². The van der Waals surface area contributed by atoms with Crippen molar-refractivity contribution in [3.8, 4) is 5.75 Å². The van der Waals surface area contributed by atoms with Crippen molar-refractivity contribution in [3.05, 3.63) is 41.6 Å². The number of benzene rings is 1. The Morgan fingerprint density at radius 2 is 1.74 bits per heavy atom. The smallest absolute Gasteiger partial charge is 0.257 e. The van der Waals surface area contributed by atoms with E-state index >= 15 is 0 Å². The average Bonchev–Trinajstić information content (AvgIpc) is 3.41. The summed E-state index contributed by atoms with van der Waals surface area (Å²) in [6, 6.07) is 7.58. The van der Waals surface area contributed by atoms with E-state index in [-0.39, 0.29) is 29.9 Å². The number of amides is 2. The minimum Gasteiger partial charge on any atom is -0.487 e. The van der Waals surface area contributed by atoms with Crippen molar-refractivity contribution >= 4 is 11.8 Å². The number of ether oxygens (including phenoxy) is 1. The van der Waals surface area contributed by atoms with Crippen LogP contribution in [0.1, 0.15) is 113 Å². The number of para-hydroxylation sites is 1. The Labute approximate surface area is 227 Å². The van der Waals surface area contributed by atoms with Crippen LogP contribution < -0.4 is 4.74 Å². The van der Waals surface area contributed by atoms with Crippen molar-refractivity contribution in [2.75, 3.05) is 19.6 Å². The van der Waals surface area contributed by atoms with E-state index in [1.165, 1.54) is 0 Å². The lowest BCUT2D eigenvalue weighted by molar-refractivity contribution is -0.137. The Morgan fingerprint density at radius 3 is 2.50 bits per heavy atom. The zero-order valence-electron chi connectivity index (χ0n) is 23.4. The second-order valence-corrected chi connectivity index (χ2v) is 10.9. The van der Waals surface area contributed by atoms with E-state index in [4.69, 9.17) is 9.15 Å². The minimum absolute atomic E-state index is 0.0132. The molecule has 0 bridgehead atoms. The van der Waals surface area contributed by atoms with Crippen molar-refractivity contribution in [2.45, 2.75) is 109 Å². The summed E-state index contributed by atoms with van der Waals surface area (Å²) >= 11 is 0. The summed E-state index contributed by atoms with van der Waals surface area (Å²) in [5.41, 5.74) is 0.615. The molecule has 1 aromatic heterocycles. The lowest BCUT2D eigenvalue weighted by Crippen LogP contribution is -2.51. The first-order valence-electron chi connectivity index (χ1n) is 14.6. The molecule has 2 atom stereocenters. The molecule has 2 aliphatic rings. The highest BCUT2D eigenvalue weighted by atomic mass is 16.5. The largest absolute Gasteiger partial charge is 0.487 e. The van der Waals surface area contributed by atoms with Crippen LogP contribution in [0.4, 0.5) is 0 Å². The van der Waals surface area contributed by atoms with Crippen LogP contribution in [0, 0.1) is 0 Å². The maximum atomic E-state index is 13.7. The third-order valence-corrected chi connectivity index (χ3v) is 7.81. The summed E-state index contributed by atoms with van der Waals surface area (Å²) < 4.78 is 12.4. The number of fused-ring (bicyclic) bond motifs is 2. The van der Waals surface area contributed by atoms with Crippen molar-refractivity contribution < 1.29 is 18.7 Å². The molecule has 0 N–H and O–H groups in total. The van der Waals surface area contributed by atoms with Gasteiger partial charge >= 0.3 is 0 Å². The molecule has 2 amide bonds. The van der Waals surface area contributed by atoms with Gasteiger partial charge in [0, 0.05) is 38.4 Å². The number of carbonyl (C=O) groups excluding carboxylic acids is 2. The first kappa shape index (κ1) is 28.1. The quantitative estimate of drug-likeness (QED) is 0.493. The zero-order chi connectivity index (χ0) is 26.9. The molecule has 0 unspecified atom stereocenters. The minimum atomic E-state index is -0.141. The third kappa shape index (κ3) is 7.14. The highest BCUT2D eigenvalue weighted by Gasteiger charge is 2.35. The van der Waals surface area contributed by atoms with Gasteiger partial charge in [-0.25, -0.2) is 0 Å². The first-order valence-corrected chi connectivity index (χ1v) is 14.6. The Kier molecular flexibility index (Phi) is 10.2. The molecule has 0 spiro atoms. The zero-order valence-corrected chi connectivity index (χ0v) is 23.4. The lowest BCUT2D eigenvalue weighted by Gasteiger charge is -2.40. The van der Waals surface area contributed by atoms with E-state index in [1.807, 2.05) is 49.9 Å². The van der Waals surface area contributed by atoms with Gasteiger partial charge in [0.15, 0.2) is 0 Å². The SMILES string of the molecule is CCN1CCCCCCCN(C(=O)CCc2nnc(C(C)C)o2)[C@@H]2CCCC[C@@H]2Oc2ccccc2C1=O. The fourth-order valence-corrected chi connectivity index (χ4v) is 5.60. The second kappa shape index (κ2) is 13.8. The normalized spacial score (nSPS) is 21.7. The Bertz CT molecular complexity index is 1050. The van der Waals surface area contributed by atoms with Gasteiger partial charge in [-0.1, -0.05) is 51.7 Å². The molecule has 0 saturated heterocycles. The van der Waals surface area contributed by atoms with Crippen LogP contribution in [0.5, 0.6) is 5.75 Å². The Hall–Kier alpha value is -2.90. The summed E-state index contributed by atoms with van der Waals surface area (Å²) in [5, 5.41) is 8.26. The molecule has 8 nitrogen and oxygen atoms in total. The molecule has 1 aliphatic heterocycles. The number of nitrogens with zero attached hydrogens (tertiary/aromatic N) is 4. The molecule has 208 valence electrons. The monoisotopic (exact) mass is 524 g/mol. The van der Waals surface area contributed by atoms with Gasteiger partial charge in [-0.3, -0.25) is 9.59 Å². The molecule has 2 aromatic rings. The molecule has 1 saturated carbocycles. The lowest BCUT2D eigenvalue weighted by atomic mass is 9.90. The number of carbonyl (C=O) groups is 2. The van der Waals surface area contributed by atoms with Crippen LogP contribution in [-0.2, 0) is 11.2 Å². The van der Waals surface area contributed by atoms with Crippen molar-refractivity contribution in [3.63, 3.8) is 0 Å². The van der Waals surface area contributed by atoms with E-state index in [1.54, 1.807) is 0 Å². The second-order valence-electron chi connectivity index (χ2n) is 10.9. The topological polar surface area (TPSA) is 88.8 Å². The van der Waals surface area contributed by atoms with Gasteiger partial charge in [-0.2, -0.15) is 0 Å². The van der Waals surface area contributed by atoms with E-state index in [0.717, 1.165) is 70.9 Å². The molecule has 0 radical (unpaired) electrons. The van der Waals surface area contributed by atoms with Crippen LogP contribution >= 0.6 is 0 Å². The number of aryl methyl sites for hydroxylation is 1. The maximum absolute atomic E-state index is 13.7. The van der Waals surface area contributed by atoms with Gasteiger partial charge in [0.1, 0.15) is 11.9 Å². The van der Waals surface area contributed by atoms with Gasteiger partial charge in [0.2, 0.25) is 17.7 Å². The molecule has 1 aromatic carbocycles. The number of hydrogen-bond acceptors (Lipinski definition) is 6. The number of rotatable bonds is 5. The molecule has 1 fully saturated rings. The molecular weight excluding hydrogens is 480 g/mol. The van der Waals surface area contributed by atoms with E-state index in [9.17, 15) is 9.59 Å². The summed E-state index contributed by atoms with van der Waals surface area (Å²) in [4.78, 5) is 31.1. The fraction of sp³-hybridized carbons (Fsp3) is 0.667. The molecule has 8 heteroatoms. The summed E-state index contributed by atoms with van der Waals surface area (Å²) in [5.74, 6) is 2.06. The Morgan fingerprint density at radius 1 is 1.00 bits per heavy atom. The number of aromatic nitrogens is 2. The third-order valence-electron chi connectivity index (χ3n) is 7.81. The van der Waals surface area contributed by atoms with E-state index in [0.29, 0.717) is 42.5 Å². The fourth-order valence-electron chi connectivity index (χ4n) is 5.60. The van der Waals surface area contributed by atoms with E-state index in [2.05, 4.69) is 15.1 Å². The Balaban J connectivity index is 1.56. The van der Waals surface area contributed by atoms with Gasteiger partial charge in [-0.15, -0.1) is 10.2 Å². The van der Waals surface area contributed by atoms with Crippen LogP contribution in [-0.4, -0.2) is 63.6 Å². The predicted molar refractivity (Wildman–Crippen MR) is 146 cm³/mol. The standard InChI is InChI=1S/C30H44N4O4/c1-4-33-20-12-6-5-7-13-21-34(28(35)19-18-27-31-32-29(38-27)22(2)3)24-15-9-11-17-26(24)37-25-16-10-8-14-23(25)30(33)36/h8,10,14,16,22,24,26H,4-7,9,11-13,15,17-21H2,1-3H3/t24-,26+/m1/s1. The highest BCUT2D eigenvalue weighted by Crippen LogP contribution is 2.31. The van der Waals surface area contributed by atoms with Crippen LogP contribution in [0.25, 0.3) is 0 Å². The molecular formula is C30H44N4O4. The van der Waals surface area contributed by atoms with Crippen LogP contribution in [0.3, 0.4) is 0 Å². The van der Waals surface area contributed by atoms with Gasteiger partial charge in [0.05, 0.1) is 11.6 Å². The van der Waals surface area contributed by atoms with Crippen molar-refractivity contribution in [1.29, 1.82) is 0 Å². The van der Waals surface area contributed by atoms with Crippen LogP contribution in [0.15, 0.2) is 28.7 Å². The summed E-state index contributed by atoms with van der Waals surface area (Å²) in [6.07, 6.45) is 9.76. The average molecular weight is 525 g/mol.